The van der Waals surface area contributed by atoms with E-state index in [1.807, 2.05) is 56.3 Å². The highest BCUT2D eigenvalue weighted by molar-refractivity contribution is 5.91. The van der Waals surface area contributed by atoms with Crippen LogP contribution >= 0.6 is 0 Å². The Morgan fingerprint density at radius 1 is 1.17 bits per heavy atom. The molecule has 0 fully saturated rings. The fraction of sp³-hybridized carbons (Fsp3) is 0.316. The molecule has 1 aliphatic heterocycles. The van der Waals surface area contributed by atoms with E-state index < -0.39 is 0 Å². The molecule has 1 heterocycles. The number of ether oxygens (including phenoxy) is 2. The number of benzene rings is 2. The second-order valence-electron chi connectivity index (χ2n) is 6.46. The average Bonchev–Trinajstić information content (AvgIpc) is 2.54. The summed E-state index contributed by atoms with van der Waals surface area (Å²) in [7, 11) is 1.58. The molecule has 5 nitrogen and oxygen atoms in total. The number of hydrogen-bond donors (Lipinski definition) is 2. The van der Waals surface area contributed by atoms with Gasteiger partial charge in [-0.05, 0) is 32.0 Å². The van der Waals surface area contributed by atoms with Crippen molar-refractivity contribution in [1.29, 1.82) is 0 Å². The summed E-state index contributed by atoms with van der Waals surface area (Å²) in [5.41, 5.74) is 1.29. The minimum absolute atomic E-state index is 0.111. The molecule has 1 aliphatic rings. The molecule has 0 saturated heterocycles. The van der Waals surface area contributed by atoms with Crippen molar-refractivity contribution in [3.8, 4) is 11.5 Å². The molecule has 1 atom stereocenters. The van der Waals surface area contributed by atoms with Gasteiger partial charge < -0.3 is 20.1 Å². The number of methoxy groups -OCH3 is 1. The van der Waals surface area contributed by atoms with Crippen molar-refractivity contribution in [3.63, 3.8) is 0 Å². The summed E-state index contributed by atoms with van der Waals surface area (Å²) in [5, 5.41) is 5.90. The van der Waals surface area contributed by atoms with Crippen molar-refractivity contribution in [2.24, 2.45) is 0 Å². The van der Waals surface area contributed by atoms with Gasteiger partial charge in [0.2, 0.25) is 0 Å². The third-order valence-corrected chi connectivity index (χ3v) is 4.04. The van der Waals surface area contributed by atoms with Gasteiger partial charge in [-0.25, -0.2) is 4.79 Å². The molecule has 0 saturated carbocycles. The summed E-state index contributed by atoms with van der Waals surface area (Å²) in [6.07, 6.45) is 0.698. The second-order valence-corrected chi connectivity index (χ2v) is 6.46. The molecule has 126 valence electrons. The zero-order chi connectivity index (χ0) is 17.2. The lowest BCUT2D eigenvalue weighted by molar-refractivity contribution is 0.0683. The Balaban J connectivity index is 1.77. The van der Waals surface area contributed by atoms with Crippen molar-refractivity contribution in [2.45, 2.75) is 31.9 Å². The van der Waals surface area contributed by atoms with Crippen LogP contribution in [0.5, 0.6) is 11.5 Å². The van der Waals surface area contributed by atoms with E-state index >= 15 is 0 Å². The highest BCUT2D eigenvalue weighted by atomic mass is 16.5. The Hall–Kier alpha value is -2.69. The van der Waals surface area contributed by atoms with Crippen LogP contribution in [0.25, 0.3) is 0 Å². The first-order chi connectivity index (χ1) is 11.5. The Bertz CT molecular complexity index is 743. The third-order valence-electron chi connectivity index (χ3n) is 4.04. The molecule has 24 heavy (non-hydrogen) atoms. The van der Waals surface area contributed by atoms with Gasteiger partial charge in [-0.1, -0.05) is 30.3 Å². The molecule has 0 aromatic heterocycles. The van der Waals surface area contributed by atoms with Crippen molar-refractivity contribution in [2.75, 3.05) is 12.4 Å². The van der Waals surface area contributed by atoms with Crippen LogP contribution < -0.4 is 20.1 Å². The largest absolute Gasteiger partial charge is 0.495 e. The number of hydrogen-bond acceptors (Lipinski definition) is 3. The monoisotopic (exact) mass is 326 g/mol. The lowest BCUT2D eigenvalue weighted by Gasteiger charge is -2.37. The Kier molecular flexibility index (Phi) is 4.34. The zero-order valence-electron chi connectivity index (χ0n) is 14.1. The maximum absolute atomic E-state index is 12.5. The van der Waals surface area contributed by atoms with Crippen LogP contribution in [0.15, 0.2) is 48.5 Å². The number of amides is 2. The number of anilines is 1. The normalized spacial score (nSPS) is 18.0. The molecule has 3 rings (SSSR count). The molecular formula is C19H22N2O3. The van der Waals surface area contributed by atoms with E-state index in [4.69, 9.17) is 9.47 Å². The van der Waals surface area contributed by atoms with Gasteiger partial charge in [0.05, 0.1) is 18.8 Å². The predicted octanol–water partition coefficient (Wildman–Crippen LogP) is 4.12. The van der Waals surface area contributed by atoms with Crippen molar-refractivity contribution >= 4 is 11.7 Å². The molecule has 0 bridgehead atoms. The van der Waals surface area contributed by atoms with E-state index in [-0.39, 0.29) is 17.7 Å². The molecular weight excluding hydrogens is 304 g/mol. The standard InChI is InChI=1S/C19H22N2O3/c1-19(2)12-15(13-8-4-6-10-16(13)24-19)21-18(22)20-14-9-5-7-11-17(14)23-3/h4-11,15H,12H2,1-3H3,(H2,20,21,22). The molecule has 0 aliphatic carbocycles. The second kappa shape index (κ2) is 6.43. The SMILES string of the molecule is COc1ccccc1NC(=O)NC1CC(C)(C)Oc2ccccc21. The zero-order valence-corrected chi connectivity index (χ0v) is 14.1. The van der Waals surface area contributed by atoms with E-state index in [0.717, 1.165) is 11.3 Å². The Morgan fingerprint density at radius 3 is 2.67 bits per heavy atom. The maximum Gasteiger partial charge on any atom is 0.319 e. The summed E-state index contributed by atoms with van der Waals surface area (Å²) in [5.74, 6) is 1.44. The van der Waals surface area contributed by atoms with Gasteiger partial charge in [0.1, 0.15) is 17.1 Å². The summed E-state index contributed by atoms with van der Waals surface area (Å²) >= 11 is 0. The minimum atomic E-state index is -0.337. The quantitative estimate of drug-likeness (QED) is 0.892. The highest BCUT2D eigenvalue weighted by Crippen LogP contribution is 2.39. The molecule has 2 N–H and O–H groups in total. The van der Waals surface area contributed by atoms with Gasteiger partial charge in [0, 0.05) is 12.0 Å². The van der Waals surface area contributed by atoms with E-state index in [9.17, 15) is 4.79 Å². The summed E-state index contributed by atoms with van der Waals surface area (Å²) < 4.78 is 11.3. The van der Waals surface area contributed by atoms with E-state index in [1.165, 1.54) is 0 Å². The first kappa shape index (κ1) is 16.2. The fourth-order valence-corrected chi connectivity index (χ4v) is 3.00. The van der Waals surface area contributed by atoms with Crippen LogP contribution in [0, 0.1) is 0 Å². The first-order valence-corrected chi connectivity index (χ1v) is 7.97. The van der Waals surface area contributed by atoms with Crippen LogP contribution in [0.4, 0.5) is 10.5 Å². The average molecular weight is 326 g/mol. The number of nitrogens with one attached hydrogen (secondary N) is 2. The van der Waals surface area contributed by atoms with Crippen LogP contribution in [-0.2, 0) is 0 Å². The lowest BCUT2D eigenvalue weighted by Crippen LogP contribution is -2.42. The Morgan fingerprint density at radius 2 is 1.88 bits per heavy atom. The van der Waals surface area contributed by atoms with E-state index in [1.54, 1.807) is 13.2 Å². The number of carbonyl (C=O) groups is 1. The van der Waals surface area contributed by atoms with Gasteiger partial charge in [-0.2, -0.15) is 0 Å². The lowest BCUT2D eigenvalue weighted by atomic mass is 9.90. The molecule has 5 heteroatoms. The predicted molar refractivity (Wildman–Crippen MR) is 93.7 cm³/mol. The molecule has 0 spiro atoms. The van der Waals surface area contributed by atoms with Crippen molar-refractivity contribution < 1.29 is 14.3 Å². The molecule has 2 aromatic rings. The summed E-state index contributed by atoms with van der Waals surface area (Å²) in [6.45, 7) is 4.05. The summed E-state index contributed by atoms with van der Waals surface area (Å²) in [4.78, 5) is 12.5. The minimum Gasteiger partial charge on any atom is -0.495 e. The van der Waals surface area contributed by atoms with Gasteiger partial charge in [0.15, 0.2) is 0 Å². The highest BCUT2D eigenvalue weighted by Gasteiger charge is 2.34. The Labute approximate surface area is 142 Å². The molecule has 0 radical (unpaired) electrons. The topological polar surface area (TPSA) is 59.6 Å². The van der Waals surface area contributed by atoms with E-state index in [0.29, 0.717) is 17.9 Å². The van der Waals surface area contributed by atoms with Crippen LogP contribution in [0.2, 0.25) is 0 Å². The van der Waals surface area contributed by atoms with Crippen LogP contribution in [0.1, 0.15) is 31.9 Å². The number of urea groups is 1. The molecule has 1 unspecified atom stereocenters. The van der Waals surface area contributed by atoms with E-state index in [2.05, 4.69) is 10.6 Å². The molecule has 2 amide bonds. The molecule has 2 aromatic carbocycles. The van der Waals surface area contributed by atoms with Gasteiger partial charge in [0.25, 0.3) is 0 Å². The number of rotatable bonds is 3. The van der Waals surface area contributed by atoms with Gasteiger partial charge in [-0.15, -0.1) is 0 Å². The fourth-order valence-electron chi connectivity index (χ4n) is 3.00. The summed E-state index contributed by atoms with van der Waals surface area (Å²) in [6, 6.07) is 14.8. The number of para-hydroxylation sites is 3. The first-order valence-electron chi connectivity index (χ1n) is 7.97. The van der Waals surface area contributed by atoms with Gasteiger partial charge >= 0.3 is 6.03 Å². The maximum atomic E-state index is 12.5. The van der Waals surface area contributed by atoms with Crippen molar-refractivity contribution in [1.82, 2.24) is 5.32 Å². The van der Waals surface area contributed by atoms with Crippen LogP contribution in [-0.4, -0.2) is 18.7 Å². The van der Waals surface area contributed by atoms with Crippen molar-refractivity contribution in [3.05, 3.63) is 54.1 Å². The van der Waals surface area contributed by atoms with Crippen LogP contribution in [0.3, 0.4) is 0 Å². The number of fused-ring (bicyclic) bond motifs is 1. The number of carbonyl (C=O) groups excluding carboxylic acids is 1. The smallest absolute Gasteiger partial charge is 0.319 e. The third kappa shape index (κ3) is 3.45. The van der Waals surface area contributed by atoms with Gasteiger partial charge in [-0.3, -0.25) is 0 Å².